The fourth-order valence-electron chi connectivity index (χ4n) is 1.89. The van der Waals surface area contributed by atoms with Crippen molar-refractivity contribution < 1.29 is 17.9 Å². The molecule has 2 rings (SSSR count). The van der Waals surface area contributed by atoms with Gasteiger partial charge in [-0.25, -0.2) is 18.2 Å². The first-order chi connectivity index (χ1) is 11.0. The molecule has 1 heterocycles. The Kier molecular flexibility index (Phi) is 5.75. The summed E-state index contributed by atoms with van der Waals surface area (Å²) >= 11 is 0. The summed E-state index contributed by atoms with van der Waals surface area (Å²) in [5, 5.41) is 5.64. The summed E-state index contributed by atoms with van der Waals surface area (Å²) in [4.78, 5) is 8.26. The Morgan fingerprint density at radius 2 is 1.91 bits per heavy atom. The molecule has 0 unspecified atom stereocenters. The molecular weight excluding hydrogens is 309 g/mol. The van der Waals surface area contributed by atoms with Crippen molar-refractivity contribution in [2.24, 2.45) is 0 Å². The van der Waals surface area contributed by atoms with Crippen LogP contribution in [-0.2, 0) is 4.74 Å². The van der Waals surface area contributed by atoms with Crippen LogP contribution >= 0.6 is 0 Å². The highest BCUT2D eigenvalue weighted by Gasteiger charge is 2.14. The van der Waals surface area contributed by atoms with Crippen molar-refractivity contribution in [2.45, 2.75) is 13.3 Å². The normalized spacial score (nSPS) is 10.7. The van der Waals surface area contributed by atoms with Crippen LogP contribution in [0.1, 0.15) is 12.1 Å². The molecule has 0 spiro atoms. The molecular formula is C15H17F3N4O. The van der Waals surface area contributed by atoms with Crippen molar-refractivity contribution in [1.82, 2.24) is 9.97 Å². The summed E-state index contributed by atoms with van der Waals surface area (Å²) in [7, 11) is 1.62. The van der Waals surface area contributed by atoms with Gasteiger partial charge in [0.05, 0.1) is 5.69 Å². The molecule has 0 bridgehead atoms. The van der Waals surface area contributed by atoms with E-state index in [-0.39, 0.29) is 11.6 Å². The van der Waals surface area contributed by atoms with Gasteiger partial charge in [0, 0.05) is 32.0 Å². The molecule has 8 heteroatoms. The van der Waals surface area contributed by atoms with E-state index in [0.717, 1.165) is 18.6 Å². The van der Waals surface area contributed by atoms with Crippen molar-refractivity contribution in [3.63, 3.8) is 0 Å². The van der Waals surface area contributed by atoms with Gasteiger partial charge < -0.3 is 15.4 Å². The SMILES string of the molecule is COCCCNc1cc(C)nc(Nc2ccc(F)c(F)c2F)n1. The van der Waals surface area contributed by atoms with Crippen LogP contribution < -0.4 is 10.6 Å². The predicted molar refractivity (Wildman–Crippen MR) is 81.4 cm³/mol. The molecule has 2 aromatic rings. The van der Waals surface area contributed by atoms with Gasteiger partial charge in [0.15, 0.2) is 17.5 Å². The number of nitrogens with one attached hydrogen (secondary N) is 2. The van der Waals surface area contributed by atoms with E-state index < -0.39 is 17.5 Å². The molecule has 0 aliphatic heterocycles. The third kappa shape index (κ3) is 4.56. The van der Waals surface area contributed by atoms with E-state index in [1.54, 1.807) is 20.1 Å². The van der Waals surface area contributed by atoms with Crippen LogP contribution in [0.3, 0.4) is 0 Å². The molecule has 23 heavy (non-hydrogen) atoms. The highest BCUT2D eigenvalue weighted by Crippen LogP contribution is 2.22. The van der Waals surface area contributed by atoms with Crippen LogP contribution in [0.15, 0.2) is 18.2 Å². The number of halogens is 3. The second-order valence-corrected chi connectivity index (χ2v) is 4.84. The lowest BCUT2D eigenvalue weighted by Crippen LogP contribution is -2.09. The van der Waals surface area contributed by atoms with E-state index in [2.05, 4.69) is 20.6 Å². The van der Waals surface area contributed by atoms with Gasteiger partial charge in [-0.2, -0.15) is 4.98 Å². The maximum atomic E-state index is 13.7. The lowest BCUT2D eigenvalue weighted by molar-refractivity contribution is 0.198. The molecule has 0 radical (unpaired) electrons. The smallest absolute Gasteiger partial charge is 0.229 e. The molecule has 1 aromatic carbocycles. The van der Waals surface area contributed by atoms with E-state index in [0.29, 0.717) is 24.7 Å². The van der Waals surface area contributed by atoms with Gasteiger partial charge in [0.25, 0.3) is 0 Å². The molecule has 2 N–H and O–H groups in total. The summed E-state index contributed by atoms with van der Waals surface area (Å²) in [6, 6.07) is 3.64. The molecule has 0 atom stereocenters. The minimum atomic E-state index is -1.54. The molecule has 0 saturated heterocycles. The Balaban J connectivity index is 2.14. The number of methoxy groups -OCH3 is 1. The average molecular weight is 326 g/mol. The van der Waals surface area contributed by atoms with Crippen molar-refractivity contribution in [1.29, 1.82) is 0 Å². The second-order valence-electron chi connectivity index (χ2n) is 4.84. The molecule has 1 aromatic heterocycles. The Hall–Kier alpha value is -2.35. The first kappa shape index (κ1) is 17.0. The predicted octanol–water partition coefficient (Wildman–Crippen LogP) is 3.39. The van der Waals surface area contributed by atoms with Crippen LogP contribution in [0.25, 0.3) is 0 Å². The van der Waals surface area contributed by atoms with Crippen LogP contribution in [0.4, 0.5) is 30.6 Å². The molecule has 5 nitrogen and oxygen atoms in total. The Morgan fingerprint density at radius 1 is 1.13 bits per heavy atom. The van der Waals surface area contributed by atoms with Crippen LogP contribution in [0.2, 0.25) is 0 Å². The number of anilines is 3. The Labute approximate surface area is 131 Å². The van der Waals surface area contributed by atoms with Gasteiger partial charge in [-0.15, -0.1) is 0 Å². The average Bonchev–Trinajstić information content (AvgIpc) is 2.52. The lowest BCUT2D eigenvalue weighted by Gasteiger charge is -2.10. The second kappa shape index (κ2) is 7.77. The summed E-state index contributed by atoms with van der Waals surface area (Å²) < 4.78 is 44.8. The van der Waals surface area contributed by atoms with Crippen molar-refractivity contribution in [3.8, 4) is 0 Å². The van der Waals surface area contributed by atoms with Crippen molar-refractivity contribution in [2.75, 3.05) is 30.9 Å². The summed E-state index contributed by atoms with van der Waals surface area (Å²) in [5.74, 6) is -3.48. The zero-order valence-electron chi connectivity index (χ0n) is 12.8. The van der Waals surface area contributed by atoms with E-state index in [4.69, 9.17) is 4.74 Å². The molecule has 124 valence electrons. The Bertz CT molecular complexity index is 682. The van der Waals surface area contributed by atoms with E-state index in [1.165, 1.54) is 0 Å². The molecule has 0 aliphatic carbocycles. The van der Waals surface area contributed by atoms with Crippen LogP contribution in [0, 0.1) is 24.4 Å². The maximum absolute atomic E-state index is 13.7. The summed E-state index contributed by atoms with van der Waals surface area (Å²) in [6.07, 6.45) is 0.792. The monoisotopic (exact) mass is 326 g/mol. The number of aryl methyl sites for hydroxylation is 1. The zero-order chi connectivity index (χ0) is 16.8. The number of hydrogen-bond acceptors (Lipinski definition) is 5. The first-order valence-electron chi connectivity index (χ1n) is 7.00. The molecule has 0 aliphatic rings. The van der Waals surface area contributed by atoms with E-state index in [1.807, 2.05) is 0 Å². The first-order valence-corrected chi connectivity index (χ1v) is 7.00. The minimum Gasteiger partial charge on any atom is -0.385 e. The highest BCUT2D eigenvalue weighted by atomic mass is 19.2. The van der Waals surface area contributed by atoms with Gasteiger partial charge >= 0.3 is 0 Å². The number of aromatic nitrogens is 2. The fraction of sp³-hybridized carbons (Fsp3) is 0.333. The van der Waals surface area contributed by atoms with E-state index >= 15 is 0 Å². The number of ether oxygens (including phenoxy) is 1. The number of rotatable bonds is 7. The standard InChI is InChI=1S/C15H17F3N4O/c1-9-8-12(19-6-3-7-23-2)22-15(20-9)21-11-5-4-10(16)13(17)14(11)18/h4-5,8H,3,6-7H2,1-2H3,(H2,19,20,21,22). The Morgan fingerprint density at radius 3 is 2.65 bits per heavy atom. The maximum Gasteiger partial charge on any atom is 0.229 e. The lowest BCUT2D eigenvalue weighted by atomic mass is 10.3. The minimum absolute atomic E-state index is 0.0872. The number of hydrogen-bond donors (Lipinski definition) is 2. The summed E-state index contributed by atoms with van der Waals surface area (Å²) in [6.45, 7) is 3.00. The van der Waals surface area contributed by atoms with Crippen LogP contribution in [-0.4, -0.2) is 30.2 Å². The fourth-order valence-corrected chi connectivity index (χ4v) is 1.89. The van der Waals surface area contributed by atoms with Gasteiger partial charge in [-0.05, 0) is 25.5 Å². The highest BCUT2D eigenvalue weighted by molar-refractivity contribution is 5.56. The topological polar surface area (TPSA) is 59.1 Å². The van der Waals surface area contributed by atoms with Gasteiger partial charge in [-0.1, -0.05) is 0 Å². The van der Waals surface area contributed by atoms with Crippen LogP contribution in [0.5, 0.6) is 0 Å². The zero-order valence-corrected chi connectivity index (χ0v) is 12.8. The van der Waals surface area contributed by atoms with Gasteiger partial charge in [0.2, 0.25) is 5.95 Å². The number of nitrogens with zero attached hydrogens (tertiary/aromatic N) is 2. The third-order valence-electron chi connectivity index (χ3n) is 2.97. The molecule has 0 saturated carbocycles. The summed E-state index contributed by atoms with van der Waals surface area (Å²) in [5.41, 5.74) is 0.402. The van der Waals surface area contributed by atoms with E-state index in [9.17, 15) is 13.2 Å². The quantitative estimate of drug-likeness (QED) is 0.603. The van der Waals surface area contributed by atoms with Gasteiger partial charge in [0.1, 0.15) is 5.82 Å². The van der Waals surface area contributed by atoms with Crippen molar-refractivity contribution >= 4 is 17.5 Å². The number of benzene rings is 1. The molecule has 0 fully saturated rings. The van der Waals surface area contributed by atoms with Crippen molar-refractivity contribution in [3.05, 3.63) is 41.3 Å². The molecule has 0 amide bonds. The van der Waals surface area contributed by atoms with Gasteiger partial charge in [-0.3, -0.25) is 0 Å². The largest absolute Gasteiger partial charge is 0.385 e. The third-order valence-corrected chi connectivity index (χ3v) is 2.97.